The van der Waals surface area contributed by atoms with Gasteiger partial charge in [0.25, 0.3) is 0 Å². The van der Waals surface area contributed by atoms with Crippen LogP contribution in [0.2, 0.25) is 0 Å². The van der Waals surface area contributed by atoms with E-state index in [1.807, 2.05) is 47.4 Å². The molecule has 0 radical (unpaired) electrons. The summed E-state index contributed by atoms with van der Waals surface area (Å²) in [6, 6.07) is 7.91. The number of ether oxygens (including phenoxy) is 1. The zero-order valence-corrected chi connectivity index (χ0v) is 13.7. The number of nitrogens with zero attached hydrogens (tertiary/aromatic N) is 5. The summed E-state index contributed by atoms with van der Waals surface area (Å²) in [5, 5.41) is 0. The van der Waals surface area contributed by atoms with Gasteiger partial charge >= 0.3 is 0 Å². The Morgan fingerprint density at radius 1 is 1.00 bits per heavy atom. The lowest BCUT2D eigenvalue weighted by atomic mass is 10.3. The second-order valence-electron chi connectivity index (χ2n) is 5.57. The zero-order valence-electron chi connectivity index (χ0n) is 13.7. The van der Waals surface area contributed by atoms with E-state index in [0.29, 0.717) is 0 Å². The molecular formula is C17H21N5O. The molecule has 6 nitrogen and oxygen atoms in total. The molecule has 0 saturated heterocycles. The minimum atomic E-state index is 0.832. The molecular weight excluding hydrogens is 290 g/mol. The number of hydrogen-bond acceptors (Lipinski definition) is 4. The van der Waals surface area contributed by atoms with Crippen molar-refractivity contribution in [3.63, 3.8) is 0 Å². The van der Waals surface area contributed by atoms with Gasteiger partial charge in [-0.25, -0.2) is 9.97 Å². The molecule has 0 aliphatic carbocycles. The SMILES string of the molecule is COc1ccc(-n2ccnc2-c2nccn2CCN(C)C)cc1. The van der Waals surface area contributed by atoms with E-state index >= 15 is 0 Å². The maximum Gasteiger partial charge on any atom is 0.181 e. The van der Waals surface area contributed by atoms with Gasteiger partial charge in [0.05, 0.1) is 7.11 Å². The van der Waals surface area contributed by atoms with E-state index in [1.165, 1.54) is 0 Å². The highest BCUT2D eigenvalue weighted by Gasteiger charge is 2.13. The topological polar surface area (TPSA) is 48.1 Å². The minimum Gasteiger partial charge on any atom is -0.497 e. The van der Waals surface area contributed by atoms with Crippen LogP contribution in [0.25, 0.3) is 17.3 Å². The van der Waals surface area contributed by atoms with Crippen molar-refractivity contribution in [2.45, 2.75) is 6.54 Å². The normalized spacial score (nSPS) is 11.1. The first kappa shape index (κ1) is 15.3. The zero-order chi connectivity index (χ0) is 16.2. The Hall–Kier alpha value is -2.60. The molecule has 0 atom stereocenters. The average Bonchev–Trinajstić information content (AvgIpc) is 3.21. The number of aromatic nitrogens is 4. The third-order valence-electron chi connectivity index (χ3n) is 3.69. The lowest BCUT2D eigenvalue weighted by Gasteiger charge is -2.13. The quantitative estimate of drug-likeness (QED) is 0.701. The summed E-state index contributed by atoms with van der Waals surface area (Å²) < 4.78 is 9.38. The number of imidazole rings is 2. The second-order valence-corrected chi connectivity index (χ2v) is 5.57. The van der Waals surface area contributed by atoms with Gasteiger partial charge in [-0.1, -0.05) is 0 Å². The van der Waals surface area contributed by atoms with Crippen LogP contribution in [0, 0.1) is 0 Å². The van der Waals surface area contributed by atoms with Crippen molar-refractivity contribution < 1.29 is 4.74 Å². The van der Waals surface area contributed by atoms with Gasteiger partial charge in [0.2, 0.25) is 0 Å². The number of rotatable bonds is 6. The van der Waals surface area contributed by atoms with Gasteiger partial charge in [0.15, 0.2) is 11.6 Å². The molecule has 0 saturated carbocycles. The molecule has 0 unspecified atom stereocenters. The first-order chi connectivity index (χ1) is 11.2. The van der Waals surface area contributed by atoms with E-state index in [1.54, 1.807) is 13.3 Å². The van der Waals surface area contributed by atoms with Crippen LogP contribution in [0.4, 0.5) is 0 Å². The van der Waals surface area contributed by atoms with Gasteiger partial charge in [0, 0.05) is 43.6 Å². The first-order valence-corrected chi connectivity index (χ1v) is 7.53. The van der Waals surface area contributed by atoms with Crippen molar-refractivity contribution in [3.8, 4) is 23.1 Å². The molecule has 2 aromatic heterocycles. The second kappa shape index (κ2) is 6.66. The molecule has 0 fully saturated rings. The molecule has 0 amide bonds. The van der Waals surface area contributed by atoms with Crippen LogP contribution in [0.15, 0.2) is 49.1 Å². The number of likely N-dealkylation sites (N-methyl/N-ethyl adjacent to an activating group) is 1. The van der Waals surface area contributed by atoms with Gasteiger partial charge in [-0.3, -0.25) is 4.57 Å². The largest absolute Gasteiger partial charge is 0.497 e. The van der Waals surface area contributed by atoms with Crippen molar-refractivity contribution in [1.82, 2.24) is 24.0 Å². The van der Waals surface area contributed by atoms with Crippen LogP contribution in [-0.2, 0) is 6.54 Å². The molecule has 2 heterocycles. The van der Waals surface area contributed by atoms with Gasteiger partial charge in [-0.05, 0) is 38.4 Å². The summed E-state index contributed by atoms with van der Waals surface area (Å²) in [6.07, 6.45) is 7.55. The molecule has 120 valence electrons. The molecule has 0 aliphatic rings. The monoisotopic (exact) mass is 311 g/mol. The maximum atomic E-state index is 5.22. The highest BCUT2D eigenvalue weighted by molar-refractivity contribution is 5.51. The van der Waals surface area contributed by atoms with E-state index < -0.39 is 0 Å². The van der Waals surface area contributed by atoms with Gasteiger partial charge < -0.3 is 14.2 Å². The number of benzene rings is 1. The van der Waals surface area contributed by atoms with Crippen LogP contribution in [0.1, 0.15) is 0 Å². The van der Waals surface area contributed by atoms with E-state index in [-0.39, 0.29) is 0 Å². The van der Waals surface area contributed by atoms with Crippen molar-refractivity contribution in [2.24, 2.45) is 0 Å². The molecule has 1 aromatic carbocycles. The molecule has 3 rings (SSSR count). The molecule has 0 aliphatic heterocycles. The van der Waals surface area contributed by atoms with Gasteiger partial charge in [-0.15, -0.1) is 0 Å². The lowest BCUT2D eigenvalue weighted by molar-refractivity contribution is 0.384. The fourth-order valence-electron chi connectivity index (χ4n) is 2.42. The molecule has 23 heavy (non-hydrogen) atoms. The highest BCUT2D eigenvalue weighted by atomic mass is 16.5. The van der Waals surface area contributed by atoms with Crippen LogP contribution in [-0.4, -0.2) is 51.8 Å². The predicted octanol–water partition coefficient (Wildman–Crippen LogP) is 2.31. The average molecular weight is 311 g/mol. The van der Waals surface area contributed by atoms with E-state index in [0.717, 1.165) is 36.2 Å². The molecule has 0 spiro atoms. The standard InChI is InChI=1S/C17H21N5O/c1-20(2)12-13-21-10-8-18-16(21)17-19-9-11-22(17)14-4-6-15(23-3)7-5-14/h4-11H,12-13H2,1-3H3. The molecule has 3 aromatic rings. The van der Waals surface area contributed by atoms with E-state index in [4.69, 9.17) is 4.74 Å². The molecule has 0 N–H and O–H groups in total. The number of hydrogen-bond donors (Lipinski definition) is 0. The van der Waals surface area contributed by atoms with Crippen LogP contribution < -0.4 is 4.74 Å². The summed E-state index contributed by atoms with van der Waals surface area (Å²) in [5.41, 5.74) is 1.03. The summed E-state index contributed by atoms with van der Waals surface area (Å²) in [5.74, 6) is 2.54. The Morgan fingerprint density at radius 2 is 1.70 bits per heavy atom. The Bertz CT molecular complexity index is 757. The molecule has 6 heteroatoms. The lowest BCUT2D eigenvalue weighted by Crippen LogP contribution is -2.18. The summed E-state index contributed by atoms with van der Waals surface area (Å²) in [7, 11) is 5.79. The predicted molar refractivity (Wildman–Crippen MR) is 89.9 cm³/mol. The van der Waals surface area contributed by atoms with Crippen molar-refractivity contribution in [1.29, 1.82) is 0 Å². The molecule has 0 bridgehead atoms. The maximum absolute atomic E-state index is 5.22. The minimum absolute atomic E-state index is 0.832. The first-order valence-electron chi connectivity index (χ1n) is 7.53. The summed E-state index contributed by atoms with van der Waals surface area (Å²) in [4.78, 5) is 11.1. The smallest absolute Gasteiger partial charge is 0.181 e. The van der Waals surface area contributed by atoms with Crippen LogP contribution >= 0.6 is 0 Å². The van der Waals surface area contributed by atoms with Crippen molar-refractivity contribution >= 4 is 0 Å². The fourth-order valence-corrected chi connectivity index (χ4v) is 2.42. The van der Waals surface area contributed by atoms with Crippen molar-refractivity contribution in [3.05, 3.63) is 49.1 Å². The Balaban J connectivity index is 1.93. The Labute approximate surface area is 136 Å². The van der Waals surface area contributed by atoms with Gasteiger partial charge in [0.1, 0.15) is 5.75 Å². The number of methoxy groups -OCH3 is 1. The van der Waals surface area contributed by atoms with Gasteiger partial charge in [-0.2, -0.15) is 0 Å². The third kappa shape index (κ3) is 3.27. The fraction of sp³-hybridized carbons (Fsp3) is 0.294. The van der Waals surface area contributed by atoms with E-state index in [9.17, 15) is 0 Å². The van der Waals surface area contributed by atoms with Crippen LogP contribution in [0.3, 0.4) is 0 Å². The van der Waals surface area contributed by atoms with Crippen molar-refractivity contribution in [2.75, 3.05) is 27.7 Å². The highest BCUT2D eigenvalue weighted by Crippen LogP contribution is 2.22. The third-order valence-corrected chi connectivity index (χ3v) is 3.69. The van der Waals surface area contributed by atoms with E-state index in [2.05, 4.69) is 33.5 Å². The Morgan fingerprint density at radius 3 is 2.39 bits per heavy atom. The summed E-state index contributed by atoms with van der Waals surface area (Å²) in [6.45, 7) is 1.82. The van der Waals surface area contributed by atoms with Crippen LogP contribution in [0.5, 0.6) is 5.75 Å². The summed E-state index contributed by atoms with van der Waals surface area (Å²) >= 11 is 0. The Kier molecular flexibility index (Phi) is 4.43.